The SMILES string of the molecule is C[C@@H](NC(O)C(F)(F)F)C(=O)O. The predicted molar refractivity (Wildman–Crippen MR) is 32.3 cm³/mol. The molecule has 1 unspecified atom stereocenters. The van der Waals surface area contributed by atoms with Gasteiger partial charge in [0, 0.05) is 0 Å². The first-order valence-corrected chi connectivity index (χ1v) is 2.98. The Balaban J connectivity index is 4.01. The molecule has 4 nitrogen and oxygen atoms in total. The van der Waals surface area contributed by atoms with E-state index in [1.165, 1.54) is 5.32 Å². The molecule has 0 aromatic heterocycles. The molecule has 0 aromatic carbocycles. The quantitative estimate of drug-likeness (QED) is 0.541. The molecule has 2 atom stereocenters. The van der Waals surface area contributed by atoms with Gasteiger partial charge in [-0.2, -0.15) is 13.2 Å². The molecule has 0 aliphatic heterocycles. The van der Waals surface area contributed by atoms with Crippen LogP contribution in [0, 0.1) is 0 Å². The Morgan fingerprint density at radius 2 is 1.92 bits per heavy atom. The number of carboxylic acid groups (broad SMARTS) is 1. The first-order valence-electron chi connectivity index (χ1n) is 2.98. The number of aliphatic hydroxyl groups excluding tert-OH is 1. The molecule has 0 aliphatic carbocycles. The number of halogens is 3. The molecule has 0 bridgehead atoms. The molecule has 7 heteroatoms. The van der Waals surface area contributed by atoms with E-state index in [0.29, 0.717) is 0 Å². The van der Waals surface area contributed by atoms with Gasteiger partial charge in [-0.15, -0.1) is 0 Å². The van der Waals surface area contributed by atoms with Crippen molar-refractivity contribution in [2.75, 3.05) is 0 Å². The summed E-state index contributed by atoms with van der Waals surface area (Å²) >= 11 is 0. The molecule has 0 saturated heterocycles. The summed E-state index contributed by atoms with van der Waals surface area (Å²) < 4.78 is 34.7. The van der Waals surface area contributed by atoms with E-state index in [0.717, 1.165) is 6.92 Å². The van der Waals surface area contributed by atoms with Crippen LogP contribution in [0.3, 0.4) is 0 Å². The third-order valence-corrected chi connectivity index (χ3v) is 1.09. The number of hydrogen-bond donors (Lipinski definition) is 3. The Morgan fingerprint density at radius 3 is 2.17 bits per heavy atom. The molecule has 0 amide bonds. The molecule has 0 aliphatic rings. The highest BCUT2D eigenvalue weighted by Gasteiger charge is 2.39. The fraction of sp³-hybridized carbons (Fsp3) is 0.800. The number of nitrogens with one attached hydrogen (secondary N) is 1. The van der Waals surface area contributed by atoms with Crippen molar-refractivity contribution in [1.29, 1.82) is 0 Å². The van der Waals surface area contributed by atoms with Gasteiger partial charge < -0.3 is 10.2 Å². The lowest BCUT2D eigenvalue weighted by Gasteiger charge is -2.18. The minimum atomic E-state index is -4.84. The van der Waals surface area contributed by atoms with Gasteiger partial charge in [0.1, 0.15) is 6.04 Å². The smallest absolute Gasteiger partial charge is 0.427 e. The molecule has 0 radical (unpaired) electrons. The standard InChI is InChI=1S/C5H8F3NO3/c1-2(3(10)11)9-4(12)5(6,7)8/h2,4,9,12H,1H3,(H,10,11)/t2-,4?/m1/s1. The lowest BCUT2D eigenvalue weighted by molar-refractivity contribution is -0.216. The van der Waals surface area contributed by atoms with Crippen molar-refractivity contribution in [3.05, 3.63) is 0 Å². The fourth-order valence-corrected chi connectivity index (χ4v) is 0.403. The van der Waals surface area contributed by atoms with Crippen LogP contribution in [0.5, 0.6) is 0 Å². The monoisotopic (exact) mass is 187 g/mol. The van der Waals surface area contributed by atoms with E-state index in [-0.39, 0.29) is 0 Å². The van der Waals surface area contributed by atoms with Gasteiger partial charge in [-0.05, 0) is 6.92 Å². The van der Waals surface area contributed by atoms with Gasteiger partial charge in [0.2, 0.25) is 6.23 Å². The zero-order valence-electron chi connectivity index (χ0n) is 6.09. The van der Waals surface area contributed by atoms with Crippen molar-refractivity contribution in [3.8, 4) is 0 Å². The minimum absolute atomic E-state index is 0.997. The van der Waals surface area contributed by atoms with E-state index in [1.54, 1.807) is 0 Å². The average molecular weight is 187 g/mol. The number of alkyl halides is 3. The number of aliphatic hydroxyl groups is 1. The predicted octanol–water partition coefficient (Wildman–Crippen LogP) is -0.0702. The lowest BCUT2D eigenvalue weighted by atomic mass is 10.3. The van der Waals surface area contributed by atoms with Gasteiger partial charge in [0.25, 0.3) is 0 Å². The zero-order chi connectivity index (χ0) is 9.94. The minimum Gasteiger partial charge on any atom is -0.480 e. The van der Waals surface area contributed by atoms with Gasteiger partial charge >= 0.3 is 12.1 Å². The highest BCUT2D eigenvalue weighted by atomic mass is 19.4. The van der Waals surface area contributed by atoms with E-state index >= 15 is 0 Å². The number of rotatable bonds is 3. The Kier molecular flexibility index (Phi) is 3.47. The molecule has 0 fully saturated rings. The van der Waals surface area contributed by atoms with Crippen molar-refractivity contribution < 1.29 is 28.2 Å². The van der Waals surface area contributed by atoms with E-state index in [2.05, 4.69) is 0 Å². The molecule has 0 saturated carbocycles. The van der Waals surface area contributed by atoms with E-state index in [9.17, 15) is 18.0 Å². The Labute approximate surface area is 66.0 Å². The Hall–Kier alpha value is -0.820. The van der Waals surface area contributed by atoms with Crippen molar-refractivity contribution >= 4 is 5.97 Å². The largest absolute Gasteiger partial charge is 0.480 e. The van der Waals surface area contributed by atoms with E-state index in [1.807, 2.05) is 0 Å². The highest BCUT2D eigenvalue weighted by molar-refractivity contribution is 5.72. The molecule has 72 valence electrons. The average Bonchev–Trinajstić information content (AvgIpc) is 1.85. The van der Waals surface area contributed by atoms with Crippen LogP contribution in [0.2, 0.25) is 0 Å². The van der Waals surface area contributed by atoms with Crippen molar-refractivity contribution in [2.24, 2.45) is 0 Å². The molecule has 0 spiro atoms. The molecule has 3 N–H and O–H groups in total. The van der Waals surface area contributed by atoms with Crippen LogP contribution in [0.15, 0.2) is 0 Å². The highest BCUT2D eigenvalue weighted by Crippen LogP contribution is 2.18. The van der Waals surface area contributed by atoms with Crippen LogP contribution >= 0.6 is 0 Å². The van der Waals surface area contributed by atoms with Gasteiger partial charge in [0.05, 0.1) is 0 Å². The maximum absolute atomic E-state index is 11.6. The topological polar surface area (TPSA) is 69.6 Å². The summed E-state index contributed by atoms with van der Waals surface area (Å²) in [5, 5.41) is 17.9. The Bertz CT molecular complexity index is 170. The molecular formula is C5H8F3NO3. The third-order valence-electron chi connectivity index (χ3n) is 1.09. The van der Waals surface area contributed by atoms with Crippen LogP contribution in [0.4, 0.5) is 13.2 Å². The molecule has 0 rings (SSSR count). The second-order valence-corrected chi connectivity index (χ2v) is 2.17. The molecule has 0 heterocycles. The summed E-state index contributed by atoms with van der Waals surface area (Å²) in [6.07, 6.45) is -7.65. The Morgan fingerprint density at radius 1 is 1.50 bits per heavy atom. The summed E-state index contributed by atoms with van der Waals surface area (Å²) in [6, 6.07) is -1.44. The van der Waals surface area contributed by atoms with E-state index in [4.69, 9.17) is 10.2 Å². The summed E-state index contributed by atoms with van der Waals surface area (Å²) in [7, 11) is 0. The van der Waals surface area contributed by atoms with Crippen molar-refractivity contribution in [3.63, 3.8) is 0 Å². The second-order valence-electron chi connectivity index (χ2n) is 2.17. The third kappa shape index (κ3) is 3.54. The van der Waals surface area contributed by atoms with Crippen LogP contribution in [-0.2, 0) is 4.79 Å². The normalized spacial score (nSPS) is 17.1. The first kappa shape index (κ1) is 11.2. The van der Waals surface area contributed by atoms with Crippen molar-refractivity contribution in [1.82, 2.24) is 5.32 Å². The number of aliphatic carboxylic acids is 1. The van der Waals surface area contributed by atoms with Crippen molar-refractivity contribution in [2.45, 2.75) is 25.4 Å². The second kappa shape index (κ2) is 3.72. The van der Waals surface area contributed by atoms with Gasteiger partial charge in [-0.25, -0.2) is 0 Å². The summed E-state index contributed by atoms with van der Waals surface area (Å²) in [4.78, 5) is 10.0. The number of hydrogen-bond acceptors (Lipinski definition) is 3. The maximum Gasteiger partial charge on any atom is 0.427 e. The zero-order valence-corrected chi connectivity index (χ0v) is 6.09. The summed E-state index contributed by atoms with van der Waals surface area (Å²) in [6.45, 7) is 0.997. The maximum atomic E-state index is 11.6. The van der Waals surface area contributed by atoms with Crippen LogP contribution < -0.4 is 5.32 Å². The van der Waals surface area contributed by atoms with Crippen LogP contribution in [-0.4, -0.2) is 34.6 Å². The van der Waals surface area contributed by atoms with Crippen LogP contribution in [0.25, 0.3) is 0 Å². The molecular weight excluding hydrogens is 179 g/mol. The number of carbonyl (C=O) groups is 1. The molecule has 0 aromatic rings. The van der Waals surface area contributed by atoms with Gasteiger partial charge in [-0.1, -0.05) is 0 Å². The fourth-order valence-electron chi connectivity index (χ4n) is 0.403. The number of carboxylic acids is 1. The summed E-state index contributed by atoms with van der Waals surface area (Å²) in [5.41, 5.74) is 0. The first-order chi connectivity index (χ1) is 5.25. The van der Waals surface area contributed by atoms with Crippen LogP contribution in [0.1, 0.15) is 6.92 Å². The van der Waals surface area contributed by atoms with E-state index < -0.39 is 24.4 Å². The van der Waals surface area contributed by atoms with Gasteiger partial charge in [0.15, 0.2) is 0 Å². The van der Waals surface area contributed by atoms with Gasteiger partial charge in [-0.3, -0.25) is 10.1 Å². The lowest BCUT2D eigenvalue weighted by Crippen LogP contribution is -2.48. The summed E-state index contributed by atoms with van der Waals surface area (Å²) in [5.74, 6) is -1.46. The molecule has 12 heavy (non-hydrogen) atoms.